The molecule has 0 aromatic carbocycles. The van der Waals surface area contributed by atoms with Gasteiger partial charge in [0, 0.05) is 0 Å². The van der Waals surface area contributed by atoms with Crippen LogP contribution in [0.5, 0.6) is 0 Å². The summed E-state index contributed by atoms with van der Waals surface area (Å²) in [6.07, 6.45) is 13.7. The van der Waals surface area contributed by atoms with Gasteiger partial charge in [-0.15, -0.1) is 0 Å². The number of hydrogen-bond donors (Lipinski definition) is 0. The minimum atomic E-state index is 0.167. The summed E-state index contributed by atoms with van der Waals surface area (Å²) >= 11 is 0. The summed E-state index contributed by atoms with van der Waals surface area (Å²) in [5, 5.41) is 1.65. The maximum Gasteiger partial charge on any atom is 0.0763 e. The molecule has 3 heteroatoms. The molecule has 0 bridgehead atoms. The van der Waals surface area contributed by atoms with Crippen molar-refractivity contribution in [3.05, 3.63) is 0 Å². The van der Waals surface area contributed by atoms with Gasteiger partial charge in [-0.25, -0.2) is 0 Å². The molecule has 0 amide bonds. The highest BCUT2D eigenvalue weighted by Gasteiger charge is 2.12. The highest BCUT2D eigenvalue weighted by molar-refractivity contribution is 4.48. The zero-order valence-corrected chi connectivity index (χ0v) is 15.2. The van der Waals surface area contributed by atoms with Crippen molar-refractivity contribution in [3.8, 4) is 0 Å². The molecule has 0 aliphatic rings. The number of rotatable bonds is 15. The van der Waals surface area contributed by atoms with Crippen LogP contribution in [0.15, 0.2) is 0 Å². The Morgan fingerprint density at radius 3 is 1.62 bits per heavy atom. The third-order valence-electron chi connectivity index (χ3n) is 3.45. The Bertz CT molecular complexity index is 207. The van der Waals surface area contributed by atoms with Crippen LogP contribution in [0.4, 0.5) is 0 Å². The lowest BCUT2D eigenvalue weighted by molar-refractivity contribution is -0.396. The van der Waals surface area contributed by atoms with Crippen molar-refractivity contribution in [2.75, 3.05) is 6.61 Å². The number of nitrogens with zero attached hydrogens (tertiary/aromatic N) is 1. The first-order valence-electron chi connectivity index (χ1n) is 9.16. The van der Waals surface area contributed by atoms with Crippen molar-refractivity contribution in [2.45, 2.75) is 111 Å². The Morgan fingerprint density at radius 1 is 0.714 bits per heavy atom. The molecule has 0 aromatic heterocycles. The SMILES string of the molecule is CCCCCCCCCCCCON(OC(C)C)C(C)C. The fraction of sp³-hybridized carbons (Fsp3) is 1.00. The maximum atomic E-state index is 5.70. The van der Waals surface area contributed by atoms with Crippen molar-refractivity contribution in [1.29, 1.82) is 0 Å². The van der Waals surface area contributed by atoms with Gasteiger partial charge < -0.3 is 0 Å². The zero-order chi connectivity index (χ0) is 15.9. The molecule has 0 N–H and O–H groups in total. The van der Waals surface area contributed by atoms with E-state index in [1.807, 2.05) is 13.8 Å². The standard InChI is InChI=1S/C18H39NO2/c1-6-7-8-9-10-11-12-13-14-15-16-20-19(17(2)3)21-18(4)5/h17-18H,6-16H2,1-5H3. The van der Waals surface area contributed by atoms with E-state index in [1.165, 1.54) is 57.8 Å². The van der Waals surface area contributed by atoms with Gasteiger partial charge >= 0.3 is 0 Å². The van der Waals surface area contributed by atoms with Gasteiger partial charge in [-0.05, 0) is 34.1 Å². The van der Waals surface area contributed by atoms with Crippen LogP contribution in [0, 0.1) is 0 Å². The highest BCUT2D eigenvalue weighted by atomic mass is 17.0. The van der Waals surface area contributed by atoms with Crippen molar-refractivity contribution in [2.24, 2.45) is 0 Å². The largest absolute Gasteiger partial charge is 0.274 e. The lowest BCUT2D eigenvalue weighted by Crippen LogP contribution is -2.34. The summed E-state index contributed by atoms with van der Waals surface area (Å²) in [5.74, 6) is 0. The van der Waals surface area contributed by atoms with Crippen molar-refractivity contribution in [1.82, 2.24) is 5.23 Å². The average Bonchev–Trinajstić information content (AvgIpc) is 2.42. The molecule has 0 rings (SSSR count). The number of hydroxylamine groups is 2. The fourth-order valence-corrected chi connectivity index (χ4v) is 2.25. The van der Waals surface area contributed by atoms with E-state index in [2.05, 4.69) is 20.8 Å². The molecule has 0 heterocycles. The second-order valence-corrected chi connectivity index (χ2v) is 6.55. The quantitative estimate of drug-likeness (QED) is 0.278. The molecule has 0 atom stereocenters. The molecule has 0 spiro atoms. The maximum absolute atomic E-state index is 5.70. The Morgan fingerprint density at radius 2 is 1.19 bits per heavy atom. The van der Waals surface area contributed by atoms with Gasteiger partial charge in [0.15, 0.2) is 0 Å². The Hall–Kier alpha value is -0.120. The Labute approximate surface area is 133 Å². The van der Waals surface area contributed by atoms with E-state index < -0.39 is 0 Å². The van der Waals surface area contributed by atoms with E-state index in [0.717, 1.165) is 13.0 Å². The number of hydrogen-bond acceptors (Lipinski definition) is 3. The second-order valence-electron chi connectivity index (χ2n) is 6.55. The van der Waals surface area contributed by atoms with E-state index in [4.69, 9.17) is 9.68 Å². The molecule has 21 heavy (non-hydrogen) atoms. The van der Waals surface area contributed by atoms with Crippen LogP contribution in [0.25, 0.3) is 0 Å². The predicted molar refractivity (Wildman–Crippen MR) is 91.0 cm³/mol. The van der Waals surface area contributed by atoms with Gasteiger partial charge in [-0.1, -0.05) is 69.9 Å². The average molecular weight is 302 g/mol. The van der Waals surface area contributed by atoms with Crippen LogP contribution in [0.2, 0.25) is 0 Å². The summed E-state index contributed by atoms with van der Waals surface area (Å²) in [4.78, 5) is 11.3. The van der Waals surface area contributed by atoms with Crippen LogP contribution in [-0.2, 0) is 9.68 Å². The fourth-order valence-electron chi connectivity index (χ4n) is 2.25. The van der Waals surface area contributed by atoms with Crippen molar-refractivity contribution < 1.29 is 9.68 Å². The lowest BCUT2D eigenvalue weighted by atomic mass is 10.1. The van der Waals surface area contributed by atoms with Crippen molar-refractivity contribution in [3.63, 3.8) is 0 Å². The van der Waals surface area contributed by atoms with E-state index >= 15 is 0 Å². The van der Waals surface area contributed by atoms with Crippen LogP contribution < -0.4 is 0 Å². The summed E-state index contributed by atoms with van der Waals surface area (Å²) in [5.41, 5.74) is 0. The van der Waals surface area contributed by atoms with Gasteiger partial charge in [0.1, 0.15) is 0 Å². The minimum Gasteiger partial charge on any atom is -0.274 e. The molecule has 0 aliphatic carbocycles. The smallest absolute Gasteiger partial charge is 0.0763 e. The predicted octanol–water partition coefficient (Wildman–Crippen LogP) is 5.89. The third-order valence-corrected chi connectivity index (χ3v) is 3.45. The molecule has 0 aliphatic heterocycles. The first kappa shape index (κ1) is 20.9. The van der Waals surface area contributed by atoms with E-state index in [0.29, 0.717) is 0 Å². The first-order chi connectivity index (χ1) is 10.1. The van der Waals surface area contributed by atoms with Crippen LogP contribution in [-0.4, -0.2) is 24.0 Å². The Balaban J connectivity index is 3.34. The van der Waals surface area contributed by atoms with Crippen LogP contribution in [0.3, 0.4) is 0 Å². The molecular formula is C18H39NO2. The highest BCUT2D eigenvalue weighted by Crippen LogP contribution is 2.11. The van der Waals surface area contributed by atoms with Gasteiger partial charge in [-0.3, -0.25) is 9.68 Å². The molecule has 0 radical (unpaired) electrons. The van der Waals surface area contributed by atoms with Crippen molar-refractivity contribution >= 4 is 0 Å². The minimum absolute atomic E-state index is 0.167. The van der Waals surface area contributed by atoms with Crippen LogP contribution >= 0.6 is 0 Å². The lowest BCUT2D eigenvalue weighted by Gasteiger charge is -2.26. The van der Waals surface area contributed by atoms with Gasteiger partial charge in [-0.2, -0.15) is 0 Å². The first-order valence-corrected chi connectivity index (χ1v) is 9.16. The normalized spacial score (nSPS) is 12.0. The number of unbranched alkanes of at least 4 members (excludes halogenated alkanes) is 9. The molecular weight excluding hydrogens is 262 g/mol. The third kappa shape index (κ3) is 14.6. The van der Waals surface area contributed by atoms with E-state index in [1.54, 1.807) is 5.23 Å². The summed E-state index contributed by atoms with van der Waals surface area (Å²) in [6, 6.07) is 0.260. The van der Waals surface area contributed by atoms with Crippen LogP contribution in [0.1, 0.15) is 98.8 Å². The summed E-state index contributed by atoms with van der Waals surface area (Å²) in [6.45, 7) is 11.3. The molecule has 0 aromatic rings. The molecule has 3 nitrogen and oxygen atoms in total. The second kappa shape index (κ2) is 14.8. The molecule has 0 unspecified atom stereocenters. The van der Waals surface area contributed by atoms with Gasteiger partial charge in [0.2, 0.25) is 0 Å². The van der Waals surface area contributed by atoms with Gasteiger partial charge in [0.05, 0.1) is 18.8 Å². The topological polar surface area (TPSA) is 21.7 Å². The molecule has 0 fully saturated rings. The summed E-state index contributed by atoms with van der Waals surface area (Å²) < 4.78 is 0. The molecule has 0 saturated carbocycles. The summed E-state index contributed by atoms with van der Waals surface area (Å²) in [7, 11) is 0. The Kier molecular flexibility index (Phi) is 14.7. The monoisotopic (exact) mass is 301 g/mol. The van der Waals surface area contributed by atoms with E-state index in [9.17, 15) is 0 Å². The molecule has 0 saturated heterocycles. The van der Waals surface area contributed by atoms with E-state index in [-0.39, 0.29) is 12.1 Å². The molecule has 128 valence electrons. The van der Waals surface area contributed by atoms with Gasteiger partial charge in [0.25, 0.3) is 0 Å². The zero-order valence-electron chi connectivity index (χ0n) is 15.2.